The Morgan fingerprint density at radius 1 is 1.78 bits per heavy atom. The van der Waals surface area contributed by atoms with Crippen molar-refractivity contribution in [1.82, 2.24) is 0 Å². The Morgan fingerprint density at radius 3 is 2.67 bits per heavy atom. The fourth-order valence-electron chi connectivity index (χ4n) is 0.429. The van der Waals surface area contributed by atoms with E-state index in [-0.39, 0.29) is 6.10 Å². The van der Waals surface area contributed by atoms with Crippen LogP contribution >= 0.6 is 12.2 Å². The van der Waals surface area contributed by atoms with Crippen molar-refractivity contribution in [1.29, 1.82) is 0 Å². The van der Waals surface area contributed by atoms with Crippen LogP contribution in [0.3, 0.4) is 0 Å². The molecule has 0 fully saturated rings. The van der Waals surface area contributed by atoms with E-state index in [0.29, 0.717) is 17.9 Å². The highest BCUT2D eigenvalue weighted by molar-refractivity contribution is 7.80. The van der Waals surface area contributed by atoms with Gasteiger partial charge in [-0.1, -0.05) is 0 Å². The van der Waals surface area contributed by atoms with Crippen LogP contribution < -0.4 is 0 Å². The standard InChI is InChI=1S/C6H12O2S/c1-5(7)3-4-6(9)8-2/h5,7H,3-4H2,1-2H3. The van der Waals surface area contributed by atoms with Gasteiger partial charge < -0.3 is 9.84 Å². The Morgan fingerprint density at radius 2 is 2.33 bits per heavy atom. The first-order valence-corrected chi connectivity index (χ1v) is 3.32. The third-order valence-electron chi connectivity index (χ3n) is 0.994. The van der Waals surface area contributed by atoms with Gasteiger partial charge in [0.1, 0.15) is 0 Å². The summed E-state index contributed by atoms with van der Waals surface area (Å²) in [6.07, 6.45) is 1.08. The van der Waals surface area contributed by atoms with Crippen LogP contribution in [0.5, 0.6) is 0 Å². The Kier molecular flexibility index (Phi) is 4.62. The van der Waals surface area contributed by atoms with Crippen molar-refractivity contribution in [2.75, 3.05) is 7.11 Å². The number of hydrogen-bond donors (Lipinski definition) is 1. The summed E-state index contributed by atoms with van der Waals surface area (Å²) in [5, 5.41) is 9.35. The Hall–Kier alpha value is -0.150. The van der Waals surface area contributed by atoms with E-state index in [9.17, 15) is 0 Å². The maximum Gasteiger partial charge on any atom is 0.159 e. The smallest absolute Gasteiger partial charge is 0.159 e. The van der Waals surface area contributed by atoms with Gasteiger partial charge in [-0.15, -0.1) is 0 Å². The minimum absolute atomic E-state index is 0.280. The zero-order valence-corrected chi connectivity index (χ0v) is 6.57. The van der Waals surface area contributed by atoms with Crippen molar-refractivity contribution in [2.45, 2.75) is 25.9 Å². The predicted molar refractivity (Wildman–Crippen MR) is 40.5 cm³/mol. The van der Waals surface area contributed by atoms with E-state index >= 15 is 0 Å². The summed E-state index contributed by atoms with van der Waals surface area (Å²) in [4.78, 5) is 0. The number of thiocarbonyl (C=S) groups is 1. The van der Waals surface area contributed by atoms with Crippen LogP contribution in [0.4, 0.5) is 0 Å². The molecule has 0 saturated carbocycles. The zero-order chi connectivity index (χ0) is 7.28. The molecular formula is C6H12O2S. The van der Waals surface area contributed by atoms with Crippen molar-refractivity contribution in [2.24, 2.45) is 0 Å². The van der Waals surface area contributed by atoms with Crippen LogP contribution in [0.1, 0.15) is 19.8 Å². The third-order valence-corrected chi connectivity index (χ3v) is 1.36. The first-order valence-electron chi connectivity index (χ1n) is 2.91. The molecule has 1 atom stereocenters. The molecule has 0 aromatic rings. The summed E-state index contributed by atoms with van der Waals surface area (Å²) in [6.45, 7) is 1.73. The molecule has 0 saturated heterocycles. The van der Waals surface area contributed by atoms with Crippen molar-refractivity contribution in [3.8, 4) is 0 Å². The lowest BCUT2D eigenvalue weighted by atomic mass is 10.2. The third kappa shape index (κ3) is 5.73. The maximum atomic E-state index is 8.78. The number of hydrogen-bond acceptors (Lipinski definition) is 3. The summed E-state index contributed by atoms with van der Waals surface area (Å²) in [5.41, 5.74) is 0. The van der Waals surface area contributed by atoms with E-state index in [1.165, 1.54) is 0 Å². The van der Waals surface area contributed by atoms with Gasteiger partial charge in [0.25, 0.3) is 0 Å². The quantitative estimate of drug-likeness (QED) is 0.608. The van der Waals surface area contributed by atoms with Crippen LogP contribution in [0.15, 0.2) is 0 Å². The summed E-state index contributed by atoms with van der Waals surface area (Å²) >= 11 is 4.74. The summed E-state index contributed by atoms with van der Waals surface area (Å²) < 4.78 is 4.72. The van der Waals surface area contributed by atoms with Crippen molar-refractivity contribution >= 4 is 17.3 Å². The van der Waals surface area contributed by atoms with Gasteiger partial charge in [-0.3, -0.25) is 0 Å². The first-order chi connectivity index (χ1) is 4.16. The number of ether oxygens (including phenoxy) is 1. The zero-order valence-electron chi connectivity index (χ0n) is 5.76. The molecule has 0 aliphatic heterocycles. The number of aliphatic hydroxyl groups is 1. The molecule has 0 aromatic carbocycles. The molecule has 0 aliphatic carbocycles. The van der Waals surface area contributed by atoms with Crippen LogP contribution in [0, 0.1) is 0 Å². The molecule has 1 N–H and O–H groups in total. The lowest BCUT2D eigenvalue weighted by molar-refractivity contribution is 0.185. The fourth-order valence-corrected chi connectivity index (χ4v) is 0.547. The fraction of sp³-hybridized carbons (Fsp3) is 0.833. The minimum Gasteiger partial charge on any atom is -0.490 e. The normalized spacial score (nSPS) is 12.8. The van der Waals surface area contributed by atoms with Crippen LogP contribution in [-0.4, -0.2) is 23.4 Å². The van der Waals surface area contributed by atoms with Crippen LogP contribution in [-0.2, 0) is 4.74 Å². The topological polar surface area (TPSA) is 29.5 Å². The molecule has 0 amide bonds. The largest absolute Gasteiger partial charge is 0.490 e. The summed E-state index contributed by atoms with van der Waals surface area (Å²) in [7, 11) is 1.55. The molecule has 0 aromatic heterocycles. The van der Waals surface area contributed by atoms with Gasteiger partial charge in [0.15, 0.2) is 5.05 Å². The molecule has 0 radical (unpaired) electrons. The molecule has 0 spiro atoms. The van der Waals surface area contributed by atoms with E-state index in [4.69, 9.17) is 22.1 Å². The number of aliphatic hydroxyl groups excluding tert-OH is 1. The Balaban J connectivity index is 3.17. The van der Waals surface area contributed by atoms with E-state index in [1.54, 1.807) is 14.0 Å². The maximum absolute atomic E-state index is 8.78. The van der Waals surface area contributed by atoms with Crippen molar-refractivity contribution in [3.05, 3.63) is 0 Å². The highest BCUT2D eigenvalue weighted by Crippen LogP contribution is 1.97. The highest BCUT2D eigenvalue weighted by Gasteiger charge is 1.98. The Labute approximate surface area is 60.8 Å². The average Bonchev–Trinajstić information content (AvgIpc) is 1.83. The second kappa shape index (κ2) is 4.70. The summed E-state index contributed by atoms with van der Waals surface area (Å²) in [5.74, 6) is 0. The molecule has 0 rings (SSSR count). The van der Waals surface area contributed by atoms with Gasteiger partial charge in [-0.2, -0.15) is 0 Å². The molecule has 1 unspecified atom stereocenters. The molecule has 0 heterocycles. The molecule has 3 heteroatoms. The van der Waals surface area contributed by atoms with E-state index in [2.05, 4.69) is 0 Å². The van der Waals surface area contributed by atoms with Crippen LogP contribution in [0.2, 0.25) is 0 Å². The Bertz CT molecular complexity index is 91.1. The second-order valence-corrected chi connectivity index (χ2v) is 2.42. The number of methoxy groups -OCH3 is 1. The van der Waals surface area contributed by atoms with Crippen molar-refractivity contribution in [3.63, 3.8) is 0 Å². The summed E-state index contributed by atoms with van der Waals surface area (Å²) in [6, 6.07) is 0. The molecule has 0 bridgehead atoms. The van der Waals surface area contributed by atoms with Crippen molar-refractivity contribution < 1.29 is 9.84 Å². The van der Waals surface area contributed by atoms with E-state index in [0.717, 1.165) is 0 Å². The molecule has 0 aliphatic rings. The molecular weight excluding hydrogens is 136 g/mol. The van der Waals surface area contributed by atoms with E-state index in [1.807, 2.05) is 0 Å². The van der Waals surface area contributed by atoms with Gasteiger partial charge in [-0.05, 0) is 25.6 Å². The van der Waals surface area contributed by atoms with Gasteiger partial charge >= 0.3 is 0 Å². The SMILES string of the molecule is COC(=S)CCC(C)O. The highest BCUT2D eigenvalue weighted by atomic mass is 32.1. The van der Waals surface area contributed by atoms with Gasteiger partial charge in [0.2, 0.25) is 0 Å². The molecule has 2 nitrogen and oxygen atoms in total. The molecule has 9 heavy (non-hydrogen) atoms. The monoisotopic (exact) mass is 148 g/mol. The van der Waals surface area contributed by atoms with Gasteiger partial charge in [-0.25, -0.2) is 0 Å². The number of rotatable bonds is 3. The second-order valence-electron chi connectivity index (χ2n) is 1.96. The van der Waals surface area contributed by atoms with Gasteiger partial charge in [0.05, 0.1) is 13.2 Å². The predicted octanol–water partition coefficient (Wildman–Crippen LogP) is 1.12. The van der Waals surface area contributed by atoms with E-state index < -0.39 is 0 Å². The first kappa shape index (κ1) is 8.85. The lowest BCUT2D eigenvalue weighted by Gasteiger charge is -2.03. The van der Waals surface area contributed by atoms with Gasteiger partial charge in [0, 0.05) is 6.42 Å². The van der Waals surface area contributed by atoms with Crippen LogP contribution in [0.25, 0.3) is 0 Å². The minimum atomic E-state index is -0.280. The lowest BCUT2D eigenvalue weighted by Crippen LogP contribution is -2.04. The average molecular weight is 148 g/mol. The molecule has 54 valence electrons.